The van der Waals surface area contributed by atoms with Crippen LogP contribution in [0.4, 0.5) is 17.1 Å². The number of para-hydroxylation sites is 3. The fourth-order valence-corrected chi connectivity index (χ4v) is 10.2. The van der Waals surface area contributed by atoms with Crippen molar-refractivity contribution in [3.63, 3.8) is 0 Å². The Hall–Kier alpha value is -7.56. The molecule has 0 spiro atoms. The second-order valence-electron chi connectivity index (χ2n) is 15.7. The molecule has 0 saturated heterocycles. The first kappa shape index (κ1) is 31.6. The van der Waals surface area contributed by atoms with Gasteiger partial charge in [-0.1, -0.05) is 146 Å². The molecule has 0 atom stereocenters. The molecule has 0 fully saturated rings. The summed E-state index contributed by atoms with van der Waals surface area (Å²) < 4.78 is 5.01. The van der Waals surface area contributed by atoms with E-state index in [9.17, 15) is 0 Å². The van der Waals surface area contributed by atoms with E-state index in [0.29, 0.717) is 0 Å². The minimum Gasteiger partial charge on any atom is -0.311 e. The lowest BCUT2D eigenvalue weighted by molar-refractivity contribution is 1.16. The average molecular weight is 736 g/mol. The molecule has 13 rings (SSSR count). The summed E-state index contributed by atoms with van der Waals surface area (Å²) in [7, 11) is 0. The van der Waals surface area contributed by atoms with E-state index in [1.807, 2.05) is 0 Å². The van der Waals surface area contributed by atoms with E-state index in [1.165, 1.54) is 105 Å². The van der Waals surface area contributed by atoms with Gasteiger partial charge in [0.05, 0.1) is 16.6 Å². The van der Waals surface area contributed by atoms with Gasteiger partial charge in [0.1, 0.15) is 0 Å². The van der Waals surface area contributed by atoms with Crippen LogP contribution >= 0.6 is 0 Å². The third-order valence-electron chi connectivity index (χ3n) is 12.7. The first-order chi connectivity index (χ1) is 28.8. The van der Waals surface area contributed by atoms with Crippen molar-refractivity contribution in [2.24, 2.45) is 0 Å². The zero-order valence-electron chi connectivity index (χ0n) is 31.5. The van der Waals surface area contributed by atoms with Crippen molar-refractivity contribution in [3.8, 4) is 33.6 Å². The van der Waals surface area contributed by atoms with Crippen LogP contribution in [0.5, 0.6) is 0 Å². The highest BCUT2D eigenvalue weighted by molar-refractivity contribution is 7.00. The van der Waals surface area contributed by atoms with E-state index in [4.69, 9.17) is 0 Å². The molecule has 0 bridgehead atoms. The van der Waals surface area contributed by atoms with Gasteiger partial charge in [-0.2, -0.15) is 0 Å². The van der Waals surface area contributed by atoms with Crippen molar-refractivity contribution >= 4 is 83.8 Å². The number of fused-ring (bicyclic) bond motifs is 10. The average Bonchev–Trinajstić information content (AvgIpc) is 3.80. The Labute approximate surface area is 336 Å². The van der Waals surface area contributed by atoms with E-state index in [1.54, 1.807) is 0 Å². The maximum absolute atomic E-state index is 2.57. The molecule has 2 aromatic heterocycles. The number of rotatable bonds is 4. The van der Waals surface area contributed by atoms with Gasteiger partial charge in [0.15, 0.2) is 0 Å². The lowest BCUT2D eigenvalue weighted by Crippen LogP contribution is -2.60. The van der Waals surface area contributed by atoms with Gasteiger partial charge in [0, 0.05) is 55.5 Å². The molecule has 268 valence electrons. The molecule has 4 heterocycles. The molecule has 0 N–H and O–H groups in total. The summed E-state index contributed by atoms with van der Waals surface area (Å²) in [5.41, 5.74) is 19.9. The topological polar surface area (TPSA) is 13.1 Å². The van der Waals surface area contributed by atoms with E-state index in [-0.39, 0.29) is 6.71 Å². The Balaban J connectivity index is 1.11. The number of nitrogens with zero attached hydrogens (tertiary/aromatic N) is 3. The second kappa shape index (κ2) is 12.0. The van der Waals surface area contributed by atoms with Gasteiger partial charge in [0.2, 0.25) is 0 Å². The maximum atomic E-state index is 2.57. The quantitative estimate of drug-likeness (QED) is 0.164. The Bertz CT molecular complexity index is 3440. The second-order valence-corrected chi connectivity index (χ2v) is 15.7. The molecule has 2 aliphatic heterocycles. The molecule has 0 unspecified atom stereocenters. The van der Waals surface area contributed by atoms with Gasteiger partial charge in [-0.25, -0.2) is 0 Å². The molecule has 0 aliphatic carbocycles. The van der Waals surface area contributed by atoms with E-state index >= 15 is 0 Å². The molecule has 3 nitrogen and oxygen atoms in total. The van der Waals surface area contributed by atoms with Crippen molar-refractivity contribution in [1.29, 1.82) is 0 Å². The third kappa shape index (κ3) is 4.34. The standard InChI is InChI=1S/C54H34BN3/c1-4-14-35(15-5-1)37-26-29-40(30-27-37)57-48-31-28-38(36-16-6-2-7-17-36)32-46(48)55-45-22-12-21-42-44-33-43-41-20-10-11-23-47(41)56(39-18-8-3-9-19-39)51(43)34-52(44)58(54(42)45)50-25-13-24-49(57)53(50)55/h1-34H. The minimum absolute atomic E-state index is 0.0543. The monoisotopic (exact) mass is 735 g/mol. The SMILES string of the molecule is c1ccc(-c2ccc(N3c4ccc(-c5ccccc5)cc4B4c5c3cccc5-n3c5cc6c(cc5c5cccc4c53)c3ccccc3n6-c3ccccc3)cc2)cc1. The Morgan fingerprint density at radius 2 is 0.914 bits per heavy atom. The lowest BCUT2D eigenvalue weighted by Gasteiger charge is -2.40. The van der Waals surface area contributed by atoms with Crippen LogP contribution in [0, 0.1) is 0 Å². The van der Waals surface area contributed by atoms with Crippen molar-refractivity contribution in [2.45, 2.75) is 0 Å². The third-order valence-corrected chi connectivity index (χ3v) is 12.7. The predicted octanol–water partition coefficient (Wildman–Crippen LogP) is 11.8. The van der Waals surface area contributed by atoms with Crippen molar-refractivity contribution < 1.29 is 0 Å². The Morgan fingerprint density at radius 1 is 0.310 bits per heavy atom. The molecule has 4 heteroatoms. The zero-order valence-corrected chi connectivity index (χ0v) is 31.5. The highest BCUT2D eigenvalue weighted by Gasteiger charge is 2.42. The molecule has 0 amide bonds. The summed E-state index contributed by atoms with van der Waals surface area (Å²) in [6, 6.07) is 76.1. The van der Waals surface area contributed by atoms with Crippen molar-refractivity contribution in [3.05, 3.63) is 206 Å². The highest BCUT2D eigenvalue weighted by Crippen LogP contribution is 2.44. The number of hydrogen-bond donors (Lipinski definition) is 0. The van der Waals surface area contributed by atoms with Crippen LogP contribution in [0.3, 0.4) is 0 Å². The Kier molecular flexibility index (Phi) is 6.53. The fraction of sp³-hybridized carbons (Fsp3) is 0. The number of hydrogen-bond acceptors (Lipinski definition) is 1. The van der Waals surface area contributed by atoms with Crippen LogP contribution in [-0.2, 0) is 0 Å². The molecular formula is C54H34BN3. The zero-order chi connectivity index (χ0) is 37.9. The smallest absolute Gasteiger partial charge is 0.252 e. The molecular weight excluding hydrogens is 701 g/mol. The number of aromatic nitrogens is 2. The van der Waals surface area contributed by atoms with Crippen LogP contribution in [-0.4, -0.2) is 15.8 Å². The summed E-state index contributed by atoms with van der Waals surface area (Å²) in [6.45, 7) is 0.0543. The first-order valence-corrected chi connectivity index (χ1v) is 20.1. The summed E-state index contributed by atoms with van der Waals surface area (Å²) >= 11 is 0. The van der Waals surface area contributed by atoms with Crippen LogP contribution in [0.15, 0.2) is 206 Å². The largest absolute Gasteiger partial charge is 0.311 e. The van der Waals surface area contributed by atoms with Crippen LogP contribution in [0.2, 0.25) is 0 Å². The van der Waals surface area contributed by atoms with Crippen molar-refractivity contribution in [2.75, 3.05) is 4.90 Å². The molecule has 11 aromatic rings. The fourth-order valence-electron chi connectivity index (χ4n) is 10.2. The van der Waals surface area contributed by atoms with Gasteiger partial charge < -0.3 is 14.0 Å². The van der Waals surface area contributed by atoms with Crippen LogP contribution < -0.4 is 21.3 Å². The minimum atomic E-state index is 0.0543. The van der Waals surface area contributed by atoms with Crippen LogP contribution in [0.1, 0.15) is 0 Å². The van der Waals surface area contributed by atoms with E-state index < -0.39 is 0 Å². The maximum Gasteiger partial charge on any atom is 0.252 e. The predicted molar refractivity (Wildman–Crippen MR) is 245 cm³/mol. The van der Waals surface area contributed by atoms with Crippen LogP contribution in [0.25, 0.3) is 77.2 Å². The Morgan fingerprint density at radius 3 is 1.71 bits per heavy atom. The van der Waals surface area contributed by atoms with Gasteiger partial charge in [-0.05, 0) is 99.3 Å². The van der Waals surface area contributed by atoms with E-state index in [0.717, 1.165) is 5.69 Å². The normalized spacial score (nSPS) is 12.8. The molecule has 2 aliphatic rings. The number of benzene rings is 9. The molecule has 0 radical (unpaired) electrons. The van der Waals surface area contributed by atoms with Gasteiger partial charge >= 0.3 is 0 Å². The lowest BCUT2D eigenvalue weighted by atomic mass is 9.33. The molecule has 0 saturated carbocycles. The number of anilines is 3. The molecule has 58 heavy (non-hydrogen) atoms. The molecule has 9 aromatic carbocycles. The summed E-state index contributed by atoms with van der Waals surface area (Å²) in [5, 5.41) is 5.11. The van der Waals surface area contributed by atoms with Gasteiger partial charge in [0.25, 0.3) is 6.71 Å². The van der Waals surface area contributed by atoms with Gasteiger partial charge in [-0.3, -0.25) is 0 Å². The highest BCUT2D eigenvalue weighted by atomic mass is 15.2. The summed E-state index contributed by atoms with van der Waals surface area (Å²) in [4.78, 5) is 2.50. The summed E-state index contributed by atoms with van der Waals surface area (Å²) in [5.74, 6) is 0. The van der Waals surface area contributed by atoms with Crippen molar-refractivity contribution in [1.82, 2.24) is 9.13 Å². The van der Waals surface area contributed by atoms with Gasteiger partial charge in [-0.15, -0.1) is 0 Å². The first-order valence-electron chi connectivity index (χ1n) is 20.1. The summed E-state index contributed by atoms with van der Waals surface area (Å²) in [6.07, 6.45) is 0. The van der Waals surface area contributed by atoms with E-state index in [2.05, 4.69) is 220 Å².